The minimum atomic E-state index is 0.0518. The molecule has 0 radical (unpaired) electrons. The van der Waals surface area contributed by atoms with Crippen molar-refractivity contribution in [3.8, 4) is 0 Å². The number of carbonyl (C=O) groups excluding carboxylic acids is 1. The molecule has 1 saturated carbocycles. The average Bonchev–Trinajstić information content (AvgIpc) is 1.98. The summed E-state index contributed by atoms with van der Waals surface area (Å²) in [7, 11) is 0. The van der Waals surface area contributed by atoms with Crippen LogP contribution in [0.3, 0.4) is 0 Å². The van der Waals surface area contributed by atoms with Crippen LogP contribution in [0.2, 0.25) is 0 Å². The Hall–Kier alpha value is -0.790. The quantitative estimate of drug-likeness (QED) is 0.665. The van der Waals surface area contributed by atoms with Crippen LogP contribution in [0.25, 0.3) is 0 Å². The highest BCUT2D eigenvalue weighted by molar-refractivity contribution is 5.88. The molecule has 2 nitrogen and oxygen atoms in total. The molecule has 0 aromatic carbocycles. The third kappa shape index (κ3) is 3.21. The Labute approximate surface area is 80.4 Å². The summed E-state index contributed by atoms with van der Waals surface area (Å²) in [6.45, 7) is 6.24. The van der Waals surface area contributed by atoms with Gasteiger partial charge in [0.2, 0.25) is 5.91 Å². The molecule has 1 aliphatic carbocycles. The maximum atomic E-state index is 11.4. The van der Waals surface area contributed by atoms with E-state index in [1.165, 1.54) is 6.42 Å². The van der Waals surface area contributed by atoms with Crippen molar-refractivity contribution in [2.45, 2.75) is 45.6 Å². The maximum Gasteiger partial charge on any atom is 0.244 e. The van der Waals surface area contributed by atoms with Crippen molar-refractivity contribution in [2.75, 3.05) is 0 Å². The molecule has 0 spiro atoms. The molecule has 0 aromatic heterocycles. The number of rotatable bonds is 3. The maximum absolute atomic E-state index is 11.4. The molecule has 1 aliphatic rings. The lowest BCUT2D eigenvalue weighted by Gasteiger charge is -2.38. The molecule has 0 unspecified atom stereocenters. The molecule has 0 heterocycles. The first-order valence-electron chi connectivity index (χ1n) is 5.02. The Morgan fingerprint density at radius 3 is 2.46 bits per heavy atom. The normalized spacial score (nSPS) is 20.3. The molecular weight excluding hydrogens is 162 g/mol. The van der Waals surface area contributed by atoms with E-state index in [0.717, 1.165) is 12.8 Å². The summed E-state index contributed by atoms with van der Waals surface area (Å²) in [5.74, 6) is 0.496. The van der Waals surface area contributed by atoms with Gasteiger partial charge in [-0.25, -0.2) is 0 Å². The third-order valence-corrected chi connectivity index (χ3v) is 2.51. The Kier molecular flexibility index (Phi) is 3.12. The van der Waals surface area contributed by atoms with E-state index in [0.29, 0.717) is 5.92 Å². The van der Waals surface area contributed by atoms with Crippen LogP contribution in [0.15, 0.2) is 12.2 Å². The number of hydrogen-bond donors (Lipinski definition) is 1. The van der Waals surface area contributed by atoms with Crippen molar-refractivity contribution in [1.82, 2.24) is 5.32 Å². The van der Waals surface area contributed by atoms with Gasteiger partial charge in [-0.15, -0.1) is 0 Å². The van der Waals surface area contributed by atoms with Gasteiger partial charge in [-0.1, -0.05) is 19.9 Å². The molecule has 1 amide bonds. The van der Waals surface area contributed by atoms with Crippen LogP contribution < -0.4 is 5.32 Å². The highest BCUT2D eigenvalue weighted by atomic mass is 16.1. The van der Waals surface area contributed by atoms with Crippen LogP contribution in [-0.2, 0) is 4.79 Å². The molecule has 0 aromatic rings. The van der Waals surface area contributed by atoms with Crippen molar-refractivity contribution in [1.29, 1.82) is 0 Å². The van der Waals surface area contributed by atoms with Crippen LogP contribution in [0.1, 0.15) is 40.0 Å². The van der Waals surface area contributed by atoms with E-state index in [1.54, 1.807) is 6.08 Å². The van der Waals surface area contributed by atoms with Gasteiger partial charge in [0.25, 0.3) is 0 Å². The van der Waals surface area contributed by atoms with Crippen LogP contribution >= 0.6 is 0 Å². The lowest BCUT2D eigenvalue weighted by Crippen LogP contribution is -2.50. The lowest BCUT2D eigenvalue weighted by atomic mass is 9.78. The molecule has 0 atom stereocenters. The van der Waals surface area contributed by atoms with Gasteiger partial charge in [0.15, 0.2) is 0 Å². The van der Waals surface area contributed by atoms with E-state index in [4.69, 9.17) is 0 Å². The number of nitrogens with one attached hydrogen (secondary N) is 1. The van der Waals surface area contributed by atoms with E-state index in [-0.39, 0.29) is 11.4 Å². The topological polar surface area (TPSA) is 29.1 Å². The van der Waals surface area contributed by atoms with E-state index in [9.17, 15) is 4.79 Å². The average molecular weight is 181 g/mol. The van der Waals surface area contributed by atoms with E-state index < -0.39 is 0 Å². The second-order valence-electron chi connectivity index (χ2n) is 4.51. The van der Waals surface area contributed by atoms with Crippen LogP contribution in [0.4, 0.5) is 0 Å². The highest BCUT2D eigenvalue weighted by Crippen LogP contribution is 2.30. The Bertz CT molecular complexity index is 214. The summed E-state index contributed by atoms with van der Waals surface area (Å²) in [5, 5.41) is 3.02. The van der Waals surface area contributed by atoms with Crippen molar-refractivity contribution < 1.29 is 4.79 Å². The van der Waals surface area contributed by atoms with Gasteiger partial charge in [0.1, 0.15) is 0 Å². The second kappa shape index (κ2) is 3.95. The van der Waals surface area contributed by atoms with Crippen LogP contribution in [0, 0.1) is 5.92 Å². The molecule has 74 valence electrons. The fraction of sp³-hybridized carbons (Fsp3) is 0.727. The largest absolute Gasteiger partial charge is 0.347 e. The SMILES string of the molecule is CC(C)/C=C/C(=O)NC1(C)CCC1. The summed E-state index contributed by atoms with van der Waals surface area (Å²) >= 11 is 0. The second-order valence-corrected chi connectivity index (χ2v) is 4.51. The number of carbonyl (C=O) groups is 1. The van der Waals surface area contributed by atoms with Gasteiger partial charge in [-0.3, -0.25) is 4.79 Å². The van der Waals surface area contributed by atoms with Crippen LogP contribution in [0.5, 0.6) is 0 Å². The monoisotopic (exact) mass is 181 g/mol. The molecule has 0 aliphatic heterocycles. The summed E-state index contributed by atoms with van der Waals surface area (Å²) in [6.07, 6.45) is 7.05. The molecule has 1 fully saturated rings. The van der Waals surface area contributed by atoms with Gasteiger partial charge in [0, 0.05) is 5.54 Å². The fourth-order valence-electron chi connectivity index (χ4n) is 1.45. The van der Waals surface area contributed by atoms with Crippen molar-refractivity contribution >= 4 is 5.91 Å². The first kappa shape index (κ1) is 10.3. The smallest absolute Gasteiger partial charge is 0.244 e. The van der Waals surface area contributed by atoms with E-state index in [2.05, 4.69) is 26.1 Å². The van der Waals surface area contributed by atoms with Gasteiger partial charge in [-0.05, 0) is 38.2 Å². The minimum absolute atomic E-state index is 0.0518. The first-order valence-corrected chi connectivity index (χ1v) is 5.02. The number of allylic oxidation sites excluding steroid dienone is 1. The number of hydrogen-bond acceptors (Lipinski definition) is 1. The predicted molar refractivity (Wildman–Crippen MR) is 54.4 cm³/mol. The summed E-state index contributed by atoms with van der Waals surface area (Å²) in [4.78, 5) is 11.4. The zero-order valence-electron chi connectivity index (χ0n) is 8.76. The highest BCUT2D eigenvalue weighted by Gasteiger charge is 2.32. The minimum Gasteiger partial charge on any atom is -0.347 e. The zero-order chi connectivity index (χ0) is 9.90. The predicted octanol–water partition coefficient (Wildman–Crippen LogP) is 2.26. The Morgan fingerprint density at radius 1 is 1.46 bits per heavy atom. The van der Waals surface area contributed by atoms with Crippen molar-refractivity contribution in [2.24, 2.45) is 5.92 Å². The summed E-state index contributed by atoms with van der Waals surface area (Å²) < 4.78 is 0. The van der Waals surface area contributed by atoms with Gasteiger partial charge in [-0.2, -0.15) is 0 Å². The molecule has 2 heteroatoms. The molecular formula is C11H19NO. The molecule has 13 heavy (non-hydrogen) atoms. The Balaban J connectivity index is 2.32. The third-order valence-electron chi connectivity index (χ3n) is 2.51. The summed E-state index contributed by atoms with van der Waals surface area (Å²) in [5.41, 5.74) is 0.0817. The first-order chi connectivity index (χ1) is 6.02. The summed E-state index contributed by atoms with van der Waals surface area (Å²) in [6, 6.07) is 0. The van der Waals surface area contributed by atoms with Gasteiger partial charge < -0.3 is 5.32 Å². The molecule has 0 bridgehead atoms. The van der Waals surface area contributed by atoms with Crippen LogP contribution in [-0.4, -0.2) is 11.4 Å². The van der Waals surface area contributed by atoms with E-state index in [1.807, 2.05) is 6.08 Å². The molecule has 1 N–H and O–H groups in total. The zero-order valence-corrected chi connectivity index (χ0v) is 8.76. The fourth-order valence-corrected chi connectivity index (χ4v) is 1.45. The van der Waals surface area contributed by atoms with Crippen molar-refractivity contribution in [3.05, 3.63) is 12.2 Å². The lowest BCUT2D eigenvalue weighted by molar-refractivity contribution is -0.119. The van der Waals surface area contributed by atoms with E-state index >= 15 is 0 Å². The standard InChI is InChI=1S/C11H19NO/c1-9(2)5-6-10(13)12-11(3)7-4-8-11/h5-6,9H,4,7-8H2,1-3H3,(H,12,13)/b6-5+. The Morgan fingerprint density at radius 2 is 2.08 bits per heavy atom. The number of amides is 1. The van der Waals surface area contributed by atoms with Crippen molar-refractivity contribution in [3.63, 3.8) is 0 Å². The molecule has 0 saturated heterocycles. The van der Waals surface area contributed by atoms with Gasteiger partial charge >= 0.3 is 0 Å². The molecule has 1 rings (SSSR count). The van der Waals surface area contributed by atoms with Gasteiger partial charge in [0.05, 0.1) is 0 Å².